The summed E-state index contributed by atoms with van der Waals surface area (Å²) in [6.45, 7) is 30.3. The molecule has 0 aromatic carbocycles. The molecule has 0 atom stereocenters. The number of rotatable bonds is 31. The largest absolute Gasteiger partial charge is 0.326 e. The zero-order valence-corrected chi connectivity index (χ0v) is 37.1. The highest BCUT2D eigenvalue weighted by Gasteiger charge is 2.30. The summed E-state index contributed by atoms with van der Waals surface area (Å²) in [4.78, 5) is 0. The quantitative estimate of drug-likeness (QED) is 0.0382. The van der Waals surface area contributed by atoms with Gasteiger partial charge in [-0.15, -0.1) is 0 Å². The van der Waals surface area contributed by atoms with Crippen molar-refractivity contribution in [2.45, 2.75) is 211 Å². The smallest absolute Gasteiger partial charge is 0.0784 e. The lowest BCUT2D eigenvalue weighted by atomic mass is 10.1. The van der Waals surface area contributed by atoms with Gasteiger partial charge in [0.05, 0.1) is 63.7 Å². The van der Waals surface area contributed by atoms with Gasteiger partial charge in [-0.05, 0) is 64.2 Å². The summed E-state index contributed by atoms with van der Waals surface area (Å²) in [5.74, 6) is 0. The predicted octanol–water partition coefficient (Wildman–Crippen LogP) is 16.1. The van der Waals surface area contributed by atoms with Crippen molar-refractivity contribution in [1.82, 2.24) is 0 Å². The van der Waals surface area contributed by atoms with Crippen molar-refractivity contribution in [2.75, 3.05) is 77.0 Å². The molecule has 0 rings (SSSR count). The summed E-state index contributed by atoms with van der Waals surface area (Å²) in [7, 11) is 1.37. The topological polar surface area (TPSA) is 0 Å². The normalized spacial score (nSPS) is 11.7. The fourth-order valence-electron chi connectivity index (χ4n) is 6.60. The number of hydrogen-bond donors (Lipinski definition) is 0. The molecule has 0 aromatic rings. The van der Waals surface area contributed by atoms with Crippen LogP contribution < -0.4 is 0 Å². The third kappa shape index (κ3) is 37.9. The van der Waals surface area contributed by atoms with Gasteiger partial charge in [0.15, 0.2) is 0 Å². The van der Waals surface area contributed by atoms with E-state index in [9.17, 15) is 0 Å². The molecule has 0 heterocycles. The first-order chi connectivity index (χ1) is 22.0. The predicted molar refractivity (Wildman–Crippen MR) is 235 cm³/mol. The molecule has 0 spiro atoms. The molecule has 0 amide bonds. The molecule has 0 unspecified atom stereocenters. The van der Waals surface area contributed by atoms with Crippen LogP contribution in [0.2, 0.25) is 0 Å². The van der Waals surface area contributed by atoms with Crippen molar-refractivity contribution in [3.8, 4) is 0 Å². The van der Waals surface area contributed by atoms with Crippen molar-refractivity contribution in [3.05, 3.63) is 0 Å². The Morgan fingerprint density at radius 2 is 0.511 bits per heavy atom. The van der Waals surface area contributed by atoms with E-state index in [1.807, 2.05) is 0 Å². The Hall–Kier alpha value is 0.820. The van der Waals surface area contributed by atoms with Gasteiger partial charge in [-0.2, -0.15) is 0 Å². The maximum atomic E-state index is 2.66. The maximum Gasteiger partial charge on any atom is 0.0784 e. The molecule has 0 aliphatic heterocycles. The molecular weight excluding hydrogens is 604 g/mol. The average molecular weight is 707 g/mol. The van der Waals surface area contributed by atoms with Crippen molar-refractivity contribution in [1.29, 1.82) is 0 Å². The van der Waals surface area contributed by atoms with Crippen LogP contribution in [0.4, 0.5) is 0 Å². The molecule has 3 heteroatoms. The molecule has 0 aromatic heterocycles. The van der Waals surface area contributed by atoms with Crippen LogP contribution in [0.15, 0.2) is 0 Å². The van der Waals surface area contributed by atoms with Crippen LogP contribution in [0.5, 0.6) is 0 Å². The van der Waals surface area contributed by atoms with Crippen LogP contribution in [-0.4, -0.2) is 81.5 Å². The van der Waals surface area contributed by atoms with Crippen molar-refractivity contribution in [3.63, 3.8) is 0 Å². The highest BCUT2D eigenvalue weighted by molar-refractivity contribution is 7.75. The summed E-state index contributed by atoms with van der Waals surface area (Å²) < 4.78 is 1.32. The number of nitrogens with zero attached hydrogens (tertiary/aromatic N) is 1. The maximum absolute atomic E-state index is 2.66. The first kappa shape index (κ1) is 54.6. The van der Waals surface area contributed by atoms with E-state index in [4.69, 9.17) is 0 Å². The fourth-order valence-corrected chi connectivity index (χ4v) is 14.3. The Morgan fingerprint density at radius 1 is 0.298 bits per heavy atom. The van der Waals surface area contributed by atoms with Crippen molar-refractivity contribution >= 4 is 14.5 Å². The first-order valence-corrected chi connectivity index (χ1v) is 27.1. The molecule has 0 N–H and O–H groups in total. The Morgan fingerprint density at radius 3 is 0.766 bits per heavy atom. The second kappa shape index (κ2) is 39.6. The molecule has 0 fully saturated rings. The van der Waals surface area contributed by atoms with Crippen LogP contribution in [0.25, 0.3) is 0 Å². The lowest BCUT2D eigenvalue weighted by Gasteiger charge is -2.34. The lowest BCUT2D eigenvalue weighted by molar-refractivity contribution is -0.910. The molecule has 0 bridgehead atoms. The van der Waals surface area contributed by atoms with E-state index in [0.717, 1.165) is 0 Å². The molecule has 0 radical (unpaired) electrons. The standard InChI is InChI=1S/C17H38P.C13H30N.C13H30P.CH4/c1-5-8-11-12-13-14-17-18(4,15-9-6-2)16-10-7-3;2*1-5-8-11-14(4,12-9-6-2)13-10-7-3;/h5-17H2,1-4H3;2*5-13H2,1-4H3;1H4/q3*+1;. The Labute approximate surface area is 306 Å². The van der Waals surface area contributed by atoms with Gasteiger partial charge >= 0.3 is 0 Å². The molecule has 0 saturated heterocycles. The summed E-state index contributed by atoms with van der Waals surface area (Å²) in [6.07, 6.45) is 40.7. The van der Waals surface area contributed by atoms with Crippen LogP contribution in [0, 0.1) is 0 Å². The summed E-state index contributed by atoms with van der Waals surface area (Å²) in [5, 5.41) is 0. The van der Waals surface area contributed by atoms with Crippen LogP contribution in [0.1, 0.15) is 211 Å². The molecule has 1 nitrogen and oxygen atoms in total. The fraction of sp³-hybridized carbons (Fsp3) is 1.00. The zero-order chi connectivity index (χ0) is 35.4. The second-order valence-corrected chi connectivity index (χ2v) is 25.1. The van der Waals surface area contributed by atoms with E-state index in [0.29, 0.717) is 0 Å². The first-order valence-electron chi connectivity index (χ1n) is 21.6. The van der Waals surface area contributed by atoms with Gasteiger partial charge in [0, 0.05) is 27.9 Å². The van der Waals surface area contributed by atoms with E-state index in [2.05, 4.69) is 82.7 Å². The van der Waals surface area contributed by atoms with Gasteiger partial charge in [-0.3, -0.25) is 0 Å². The lowest BCUT2D eigenvalue weighted by Crippen LogP contribution is -2.46. The summed E-state index contributed by atoms with van der Waals surface area (Å²) in [6, 6.07) is 0. The van der Waals surface area contributed by atoms with E-state index in [-0.39, 0.29) is 7.43 Å². The third-order valence-corrected chi connectivity index (χ3v) is 18.8. The highest BCUT2D eigenvalue weighted by atomic mass is 31.2. The van der Waals surface area contributed by atoms with Crippen molar-refractivity contribution < 1.29 is 4.48 Å². The molecule has 0 aliphatic rings. The average Bonchev–Trinajstić information content (AvgIpc) is 3.07. The summed E-state index contributed by atoms with van der Waals surface area (Å²) >= 11 is 0. The molecule has 47 heavy (non-hydrogen) atoms. The van der Waals surface area contributed by atoms with Gasteiger partial charge in [0.2, 0.25) is 0 Å². The minimum atomic E-state index is -0.558. The Kier molecular flexibility index (Phi) is 46.0. The molecule has 290 valence electrons. The van der Waals surface area contributed by atoms with Gasteiger partial charge in [0.25, 0.3) is 0 Å². The van der Waals surface area contributed by atoms with Gasteiger partial charge in [-0.1, -0.05) is 147 Å². The van der Waals surface area contributed by atoms with Gasteiger partial charge in [-0.25, -0.2) is 0 Å². The highest BCUT2D eigenvalue weighted by Crippen LogP contribution is 2.57. The second-order valence-electron chi connectivity index (χ2n) is 16.0. The molecular formula is C44H102NP2+3. The minimum absolute atomic E-state index is 0. The van der Waals surface area contributed by atoms with Gasteiger partial charge in [0.1, 0.15) is 0 Å². The number of hydrogen-bond acceptors (Lipinski definition) is 0. The Balaban J connectivity index is -0.000000295. The summed E-state index contributed by atoms with van der Waals surface area (Å²) in [5.41, 5.74) is 0. The van der Waals surface area contributed by atoms with E-state index >= 15 is 0 Å². The molecule has 0 saturated carbocycles. The molecule has 0 aliphatic carbocycles. The van der Waals surface area contributed by atoms with Crippen molar-refractivity contribution in [2.24, 2.45) is 0 Å². The van der Waals surface area contributed by atoms with Gasteiger partial charge < -0.3 is 4.48 Å². The number of quaternary nitrogens is 1. The SMILES string of the molecule is C.CCCCCCCC[P+](C)(CCCC)CCCC.CCCC[N+](C)(CCCC)CCCC.CCCC[P+](C)(CCCC)CCCC. The van der Waals surface area contributed by atoms with Crippen LogP contribution >= 0.6 is 14.5 Å². The van der Waals surface area contributed by atoms with Crippen LogP contribution in [-0.2, 0) is 0 Å². The monoisotopic (exact) mass is 707 g/mol. The Bertz CT molecular complexity index is 482. The number of unbranched alkanes of at least 4 members (excludes halogenated alkanes) is 13. The van der Waals surface area contributed by atoms with E-state index in [1.54, 1.807) is 37.0 Å². The third-order valence-electron chi connectivity index (χ3n) is 10.5. The van der Waals surface area contributed by atoms with E-state index < -0.39 is 14.5 Å². The zero-order valence-electron chi connectivity index (χ0n) is 35.3. The van der Waals surface area contributed by atoms with Crippen LogP contribution in [0.3, 0.4) is 0 Å². The minimum Gasteiger partial charge on any atom is -0.326 e. The van der Waals surface area contributed by atoms with E-state index in [1.165, 1.54) is 165 Å².